The van der Waals surface area contributed by atoms with Gasteiger partial charge < -0.3 is 10.6 Å². The van der Waals surface area contributed by atoms with Crippen LogP contribution in [0.4, 0.5) is 0 Å². The SMILES string of the molecule is CC1(C)CC(c2ccc3ccc(C4CC(C)(C)NC(C)(C)C4)cc3c2)CC(C)(C)N1. The second-order valence-corrected chi connectivity index (χ2v) is 12.9. The predicted octanol–water partition coefficient (Wildman–Crippen LogP) is 6.89. The van der Waals surface area contributed by atoms with E-state index < -0.39 is 0 Å². The highest BCUT2D eigenvalue weighted by Crippen LogP contribution is 2.42. The third-order valence-corrected chi connectivity index (χ3v) is 7.21. The molecular weight excluding hydrogens is 364 g/mol. The summed E-state index contributed by atoms with van der Waals surface area (Å²) < 4.78 is 0. The van der Waals surface area contributed by atoms with Gasteiger partial charge in [0, 0.05) is 22.2 Å². The first-order valence-electron chi connectivity index (χ1n) is 11.9. The van der Waals surface area contributed by atoms with Crippen LogP contribution in [0.1, 0.15) is 104 Å². The highest BCUT2D eigenvalue weighted by atomic mass is 15.1. The molecule has 0 aromatic heterocycles. The summed E-state index contributed by atoms with van der Waals surface area (Å²) in [6.07, 6.45) is 4.77. The number of hydrogen-bond donors (Lipinski definition) is 2. The van der Waals surface area contributed by atoms with Crippen LogP contribution < -0.4 is 10.6 Å². The van der Waals surface area contributed by atoms with Crippen molar-refractivity contribution < 1.29 is 0 Å². The van der Waals surface area contributed by atoms with Gasteiger partial charge in [-0.05, 0) is 115 Å². The summed E-state index contributed by atoms with van der Waals surface area (Å²) in [6, 6.07) is 14.4. The molecule has 2 saturated heterocycles. The van der Waals surface area contributed by atoms with Crippen LogP contribution in [-0.4, -0.2) is 22.2 Å². The van der Waals surface area contributed by atoms with E-state index in [-0.39, 0.29) is 22.2 Å². The Balaban J connectivity index is 1.66. The van der Waals surface area contributed by atoms with Crippen molar-refractivity contribution in [3.8, 4) is 0 Å². The molecule has 2 fully saturated rings. The van der Waals surface area contributed by atoms with Crippen LogP contribution in [0.25, 0.3) is 10.8 Å². The smallest absolute Gasteiger partial charge is 0.0135 e. The van der Waals surface area contributed by atoms with Gasteiger partial charge in [-0.15, -0.1) is 0 Å². The molecule has 30 heavy (non-hydrogen) atoms. The fraction of sp³-hybridized carbons (Fsp3) is 0.643. The van der Waals surface area contributed by atoms with Gasteiger partial charge >= 0.3 is 0 Å². The molecule has 4 rings (SSSR count). The Labute approximate surface area is 184 Å². The van der Waals surface area contributed by atoms with E-state index in [4.69, 9.17) is 0 Å². The minimum absolute atomic E-state index is 0.176. The molecule has 0 spiro atoms. The minimum Gasteiger partial charge on any atom is -0.307 e. The first kappa shape index (κ1) is 21.8. The van der Waals surface area contributed by atoms with Crippen molar-refractivity contribution in [2.24, 2.45) is 0 Å². The molecule has 0 saturated carbocycles. The maximum absolute atomic E-state index is 3.83. The van der Waals surface area contributed by atoms with Gasteiger partial charge in [-0.1, -0.05) is 36.4 Å². The molecule has 2 aromatic rings. The lowest BCUT2D eigenvalue weighted by atomic mass is 9.72. The summed E-state index contributed by atoms with van der Waals surface area (Å²) in [4.78, 5) is 0. The van der Waals surface area contributed by atoms with Crippen molar-refractivity contribution in [1.29, 1.82) is 0 Å². The largest absolute Gasteiger partial charge is 0.307 e. The van der Waals surface area contributed by atoms with E-state index >= 15 is 0 Å². The molecule has 0 aliphatic carbocycles. The second-order valence-electron chi connectivity index (χ2n) is 12.9. The topological polar surface area (TPSA) is 24.1 Å². The summed E-state index contributed by atoms with van der Waals surface area (Å²) >= 11 is 0. The van der Waals surface area contributed by atoms with Gasteiger partial charge in [-0.3, -0.25) is 0 Å². The number of piperidine rings is 2. The standard InChI is InChI=1S/C28H42N2/c1-25(2)15-23(16-26(3,4)29-25)20-11-9-19-10-12-21(14-22(19)13-20)24-17-27(5,6)30-28(7,8)18-24/h9-14,23-24,29-30H,15-18H2,1-8H3. The van der Waals surface area contributed by atoms with Gasteiger partial charge in [-0.2, -0.15) is 0 Å². The highest BCUT2D eigenvalue weighted by molar-refractivity contribution is 5.84. The molecule has 0 bridgehead atoms. The zero-order chi connectivity index (χ0) is 21.9. The highest BCUT2D eigenvalue weighted by Gasteiger charge is 2.39. The van der Waals surface area contributed by atoms with Crippen LogP contribution >= 0.6 is 0 Å². The monoisotopic (exact) mass is 406 g/mol. The van der Waals surface area contributed by atoms with Crippen molar-refractivity contribution >= 4 is 10.8 Å². The summed E-state index contributed by atoms with van der Waals surface area (Å²) in [6.45, 7) is 18.8. The van der Waals surface area contributed by atoms with E-state index in [9.17, 15) is 0 Å². The molecule has 2 aromatic carbocycles. The van der Waals surface area contributed by atoms with Gasteiger partial charge in [0.15, 0.2) is 0 Å². The molecule has 2 heterocycles. The fourth-order valence-electron chi connectivity index (χ4n) is 6.91. The van der Waals surface area contributed by atoms with E-state index in [0.29, 0.717) is 11.8 Å². The van der Waals surface area contributed by atoms with Crippen LogP contribution in [0.2, 0.25) is 0 Å². The quantitative estimate of drug-likeness (QED) is 0.567. The number of rotatable bonds is 2. The van der Waals surface area contributed by atoms with Crippen LogP contribution in [0, 0.1) is 0 Å². The molecule has 164 valence electrons. The van der Waals surface area contributed by atoms with Gasteiger partial charge in [0.25, 0.3) is 0 Å². The summed E-state index contributed by atoms with van der Waals surface area (Å²) in [5, 5.41) is 10.4. The van der Waals surface area contributed by atoms with Crippen molar-refractivity contribution in [1.82, 2.24) is 10.6 Å². The Morgan fingerprint density at radius 2 is 0.867 bits per heavy atom. The Kier molecular flexibility index (Phi) is 5.15. The molecule has 0 radical (unpaired) electrons. The van der Waals surface area contributed by atoms with Crippen molar-refractivity contribution in [3.63, 3.8) is 0 Å². The number of hydrogen-bond acceptors (Lipinski definition) is 2. The maximum Gasteiger partial charge on any atom is 0.0135 e. The molecule has 0 amide bonds. The lowest BCUT2D eigenvalue weighted by Crippen LogP contribution is -2.57. The Morgan fingerprint density at radius 3 is 1.20 bits per heavy atom. The molecular formula is C28H42N2. The zero-order valence-electron chi connectivity index (χ0n) is 20.4. The first-order chi connectivity index (χ1) is 13.7. The van der Waals surface area contributed by atoms with E-state index in [1.54, 1.807) is 0 Å². The molecule has 2 nitrogen and oxygen atoms in total. The van der Waals surface area contributed by atoms with Gasteiger partial charge in [0.1, 0.15) is 0 Å². The van der Waals surface area contributed by atoms with E-state index in [2.05, 4.69) is 102 Å². The van der Waals surface area contributed by atoms with Gasteiger partial charge in [0.2, 0.25) is 0 Å². The van der Waals surface area contributed by atoms with Crippen molar-refractivity contribution in [3.05, 3.63) is 47.5 Å². The molecule has 2 N–H and O–H groups in total. The summed E-state index contributed by atoms with van der Waals surface area (Å²) in [5.41, 5.74) is 3.72. The number of nitrogens with one attached hydrogen (secondary N) is 2. The van der Waals surface area contributed by atoms with E-state index in [1.807, 2.05) is 0 Å². The Bertz CT molecular complexity index is 830. The van der Waals surface area contributed by atoms with Crippen molar-refractivity contribution in [2.45, 2.75) is 115 Å². The minimum atomic E-state index is 0.176. The van der Waals surface area contributed by atoms with Gasteiger partial charge in [0.05, 0.1) is 0 Å². The summed E-state index contributed by atoms with van der Waals surface area (Å²) in [5.74, 6) is 1.22. The third-order valence-electron chi connectivity index (χ3n) is 7.21. The average molecular weight is 407 g/mol. The molecule has 0 unspecified atom stereocenters. The maximum atomic E-state index is 3.83. The van der Waals surface area contributed by atoms with Crippen LogP contribution in [0.3, 0.4) is 0 Å². The normalized spacial score (nSPS) is 26.0. The lowest BCUT2D eigenvalue weighted by molar-refractivity contribution is 0.161. The predicted molar refractivity (Wildman–Crippen MR) is 130 cm³/mol. The number of fused-ring (bicyclic) bond motifs is 1. The van der Waals surface area contributed by atoms with E-state index in [1.165, 1.54) is 47.6 Å². The average Bonchev–Trinajstić information content (AvgIpc) is 2.55. The Hall–Kier alpha value is -1.38. The van der Waals surface area contributed by atoms with Crippen LogP contribution in [0.5, 0.6) is 0 Å². The van der Waals surface area contributed by atoms with Crippen LogP contribution in [-0.2, 0) is 0 Å². The van der Waals surface area contributed by atoms with Gasteiger partial charge in [-0.25, -0.2) is 0 Å². The zero-order valence-corrected chi connectivity index (χ0v) is 20.4. The molecule has 2 aliphatic rings. The Morgan fingerprint density at radius 1 is 0.533 bits per heavy atom. The second kappa shape index (κ2) is 7.07. The lowest BCUT2D eigenvalue weighted by Gasteiger charge is -2.47. The van der Waals surface area contributed by atoms with E-state index in [0.717, 1.165) is 0 Å². The molecule has 0 atom stereocenters. The van der Waals surface area contributed by atoms with Crippen LogP contribution in [0.15, 0.2) is 36.4 Å². The third kappa shape index (κ3) is 4.75. The van der Waals surface area contributed by atoms with Crippen molar-refractivity contribution in [2.75, 3.05) is 0 Å². The molecule has 2 heteroatoms. The first-order valence-corrected chi connectivity index (χ1v) is 11.9. The fourth-order valence-corrected chi connectivity index (χ4v) is 6.91. The number of benzene rings is 2. The molecule has 2 aliphatic heterocycles. The summed E-state index contributed by atoms with van der Waals surface area (Å²) in [7, 11) is 0.